The van der Waals surface area contributed by atoms with E-state index in [-0.39, 0.29) is 23.3 Å². The molecule has 2 heterocycles. The topological polar surface area (TPSA) is 62.3 Å². The Kier molecular flexibility index (Phi) is 6.16. The van der Waals surface area contributed by atoms with Gasteiger partial charge in [-0.1, -0.05) is 25.1 Å². The summed E-state index contributed by atoms with van der Waals surface area (Å²) in [5, 5.41) is 2.79. The molecule has 0 radical (unpaired) electrons. The predicted octanol–water partition coefficient (Wildman–Crippen LogP) is 3.07. The van der Waals surface area contributed by atoms with Crippen LogP contribution in [-0.4, -0.2) is 41.3 Å². The second kappa shape index (κ2) is 8.75. The molecule has 1 aromatic heterocycles. The Morgan fingerprint density at radius 1 is 1.11 bits per heavy atom. The average Bonchev–Trinajstić information content (AvgIpc) is 2.69. The molecule has 0 aliphatic carbocycles. The van der Waals surface area contributed by atoms with Crippen molar-refractivity contribution < 1.29 is 14.0 Å². The lowest BCUT2D eigenvalue weighted by Gasteiger charge is -2.30. The molecule has 2 amide bonds. The van der Waals surface area contributed by atoms with Crippen molar-refractivity contribution in [1.82, 2.24) is 15.2 Å². The van der Waals surface area contributed by atoms with Gasteiger partial charge in [0.05, 0.1) is 0 Å². The van der Waals surface area contributed by atoms with Gasteiger partial charge in [0.25, 0.3) is 11.8 Å². The number of amides is 2. The summed E-state index contributed by atoms with van der Waals surface area (Å²) < 4.78 is 12.9. The van der Waals surface area contributed by atoms with Gasteiger partial charge >= 0.3 is 0 Å². The van der Waals surface area contributed by atoms with Crippen LogP contribution in [0, 0.1) is 11.7 Å². The smallest absolute Gasteiger partial charge is 0.272 e. The summed E-state index contributed by atoms with van der Waals surface area (Å²) in [5.74, 6) is -0.0845. The molecule has 1 aliphatic heterocycles. The van der Waals surface area contributed by atoms with Crippen LogP contribution >= 0.6 is 0 Å². The van der Waals surface area contributed by atoms with Crippen molar-refractivity contribution in [3.8, 4) is 0 Å². The molecular formula is C21H24FN3O2. The number of hydrogen-bond acceptors (Lipinski definition) is 3. The number of benzene rings is 1. The molecule has 0 spiro atoms. The molecule has 1 saturated heterocycles. The SMILES string of the molecule is CC1CCN(C(=O)c2cccc(C(=O)NCCc3ccc(F)cc3)n2)CC1. The number of pyridine rings is 1. The van der Waals surface area contributed by atoms with Gasteiger partial charge in [0.1, 0.15) is 17.2 Å². The summed E-state index contributed by atoms with van der Waals surface area (Å²) in [7, 11) is 0. The Morgan fingerprint density at radius 3 is 2.48 bits per heavy atom. The molecule has 2 aromatic rings. The van der Waals surface area contributed by atoms with E-state index in [2.05, 4.69) is 17.2 Å². The Labute approximate surface area is 158 Å². The van der Waals surface area contributed by atoms with E-state index in [0.29, 0.717) is 24.6 Å². The molecule has 142 valence electrons. The first-order valence-electron chi connectivity index (χ1n) is 9.32. The summed E-state index contributed by atoms with van der Waals surface area (Å²) >= 11 is 0. The van der Waals surface area contributed by atoms with E-state index < -0.39 is 0 Å². The molecule has 3 rings (SSSR count). The van der Waals surface area contributed by atoms with Gasteiger partial charge in [-0.3, -0.25) is 9.59 Å². The lowest BCUT2D eigenvalue weighted by Crippen LogP contribution is -2.38. The zero-order chi connectivity index (χ0) is 19.2. The van der Waals surface area contributed by atoms with Crippen LogP contribution in [0.5, 0.6) is 0 Å². The summed E-state index contributed by atoms with van der Waals surface area (Å²) in [6, 6.07) is 11.1. The van der Waals surface area contributed by atoms with Crippen LogP contribution in [0.1, 0.15) is 46.3 Å². The van der Waals surface area contributed by atoms with Gasteiger partial charge in [0.2, 0.25) is 0 Å². The highest BCUT2D eigenvalue weighted by Gasteiger charge is 2.22. The molecule has 1 aliphatic rings. The molecule has 27 heavy (non-hydrogen) atoms. The number of hydrogen-bond donors (Lipinski definition) is 1. The Balaban J connectivity index is 1.56. The highest BCUT2D eigenvalue weighted by Crippen LogP contribution is 2.17. The third kappa shape index (κ3) is 5.12. The standard InChI is InChI=1S/C21H24FN3O2/c1-15-10-13-25(14-11-15)21(27)19-4-2-3-18(24-19)20(26)23-12-9-16-5-7-17(22)8-6-16/h2-8,15H,9-14H2,1H3,(H,23,26). The van der Waals surface area contributed by atoms with Gasteiger partial charge < -0.3 is 10.2 Å². The van der Waals surface area contributed by atoms with Crippen LogP contribution < -0.4 is 5.32 Å². The van der Waals surface area contributed by atoms with Crippen LogP contribution in [-0.2, 0) is 6.42 Å². The van der Waals surface area contributed by atoms with E-state index in [1.165, 1.54) is 12.1 Å². The highest BCUT2D eigenvalue weighted by molar-refractivity contribution is 5.96. The van der Waals surface area contributed by atoms with Crippen LogP contribution in [0.2, 0.25) is 0 Å². The second-order valence-corrected chi connectivity index (χ2v) is 7.02. The number of likely N-dealkylation sites (tertiary alicyclic amines) is 1. The molecule has 1 fully saturated rings. The summed E-state index contributed by atoms with van der Waals surface area (Å²) in [5.41, 5.74) is 1.47. The molecular weight excluding hydrogens is 345 g/mol. The summed E-state index contributed by atoms with van der Waals surface area (Å²) in [6.45, 7) is 4.07. The largest absolute Gasteiger partial charge is 0.350 e. The van der Waals surface area contributed by atoms with Crippen molar-refractivity contribution >= 4 is 11.8 Å². The van der Waals surface area contributed by atoms with Crippen LogP contribution in [0.15, 0.2) is 42.5 Å². The minimum absolute atomic E-state index is 0.122. The first-order chi connectivity index (χ1) is 13.0. The number of carbonyl (C=O) groups is 2. The molecule has 6 heteroatoms. The van der Waals surface area contributed by atoms with Crippen LogP contribution in [0.4, 0.5) is 4.39 Å². The number of nitrogens with zero attached hydrogens (tertiary/aromatic N) is 2. The number of carbonyl (C=O) groups excluding carboxylic acids is 2. The van der Waals surface area contributed by atoms with E-state index >= 15 is 0 Å². The van der Waals surface area contributed by atoms with Crippen molar-refractivity contribution in [1.29, 1.82) is 0 Å². The van der Waals surface area contributed by atoms with Gasteiger partial charge in [-0.25, -0.2) is 9.37 Å². The fourth-order valence-corrected chi connectivity index (χ4v) is 3.12. The van der Waals surface area contributed by atoms with E-state index in [4.69, 9.17) is 0 Å². The maximum Gasteiger partial charge on any atom is 0.272 e. The Morgan fingerprint density at radius 2 is 1.78 bits per heavy atom. The molecule has 1 aromatic carbocycles. The lowest BCUT2D eigenvalue weighted by atomic mass is 9.99. The molecule has 0 saturated carbocycles. The van der Waals surface area contributed by atoms with E-state index in [9.17, 15) is 14.0 Å². The number of piperidine rings is 1. The predicted molar refractivity (Wildman–Crippen MR) is 101 cm³/mol. The zero-order valence-electron chi connectivity index (χ0n) is 15.5. The molecule has 0 unspecified atom stereocenters. The molecule has 0 atom stereocenters. The Hall–Kier alpha value is -2.76. The van der Waals surface area contributed by atoms with Crippen molar-refractivity contribution in [2.75, 3.05) is 19.6 Å². The van der Waals surface area contributed by atoms with Crippen LogP contribution in [0.25, 0.3) is 0 Å². The van der Waals surface area contributed by atoms with E-state index in [1.807, 2.05) is 0 Å². The molecule has 5 nitrogen and oxygen atoms in total. The summed E-state index contributed by atoms with van der Waals surface area (Å²) in [4.78, 5) is 31.0. The van der Waals surface area contributed by atoms with Gasteiger partial charge in [0, 0.05) is 19.6 Å². The van der Waals surface area contributed by atoms with Crippen molar-refractivity contribution in [3.63, 3.8) is 0 Å². The fraction of sp³-hybridized carbons (Fsp3) is 0.381. The van der Waals surface area contributed by atoms with E-state index in [1.54, 1.807) is 35.2 Å². The number of halogens is 1. The highest BCUT2D eigenvalue weighted by atomic mass is 19.1. The third-order valence-corrected chi connectivity index (χ3v) is 4.88. The van der Waals surface area contributed by atoms with Gasteiger partial charge in [-0.05, 0) is 55.0 Å². The van der Waals surface area contributed by atoms with Gasteiger partial charge in [0.15, 0.2) is 0 Å². The number of aromatic nitrogens is 1. The molecule has 0 bridgehead atoms. The van der Waals surface area contributed by atoms with Gasteiger partial charge in [-0.15, -0.1) is 0 Å². The van der Waals surface area contributed by atoms with Crippen molar-refractivity contribution in [2.24, 2.45) is 5.92 Å². The first-order valence-corrected chi connectivity index (χ1v) is 9.32. The average molecular weight is 369 g/mol. The summed E-state index contributed by atoms with van der Waals surface area (Å²) in [6.07, 6.45) is 2.58. The minimum Gasteiger partial charge on any atom is -0.350 e. The quantitative estimate of drug-likeness (QED) is 0.881. The molecule has 1 N–H and O–H groups in total. The monoisotopic (exact) mass is 369 g/mol. The van der Waals surface area contributed by atoms with Gasteiger partial charge in [-0.2, -0.15) is 0 Å². The first kappa shape index (κ1) is 19.0. The number of nitrogens with one attached hydrogen (secondary N) is 1. The lowest BCUT2D eigenvalue weighted by molar-refractivity contribution is 0.0691. The normalized spacial score (nSPS) is 14.8. The van der Waals surface area contributed by atoms with E-state index in [0.717, 1.165) is 31.5 Å². The second-order valence-electron chi connectivity index (χ2n) is 7.02. The minimum atomic E-state index is -0.320. The third-order valence-electron chi connectivity index (χ3n) is 4.88. The maximum atomic E-state index is 12.9. The zero-order valence-corrected chi connectivity index (χ0v) is 15.5. The Bertz CT molecular complexity index is 799. The van der Waals surface area contributed by atoms with Crippen LogP contribution in [0.3, 0.4) is 0 Å². The van der Waals surface area contributed by atoms with Crippen molar-refractivity contribution in [3.05, 3.63) is 65.2 Å². The fourth-order valence-electron chi connectivity index (χ4n) is 3.12. The maximum absolute atomic E-state index is 12.9. The van der Waals surface area contributed by atoms with Crippen molar-refractivity contribution in [2.45, 2.75) is 26.2 Å². The number of rotatable bonds is 5.